The highest BCUT2D eigenvalue weighted by atomic mass is 32.2. The summed E-state index contributed by atoms with van der Waals surface area (Å²) in [6, 6.07) is 14.0. The highest BCUT2D eigenvalue weighted by Crippen LogP contribution is 2.26. The first kappa shape index (κ1) is 17.5. The molecule has 25 heavy (non-hydrogen) atoms. The minimum Gasteiger partial charge on any atom is -0.365 e. The summed E-state index contributed by atoms with van der Waals surface area (Å²) in [4.78, 5) is 8.41. The molecule has 0 saturated heterocycles. The van der Waals surface area contributed by atoms with Gasteiger partial charge in [-0.2, -0.15) is 13.2 Å². The van der Waals surface area contributed by atoms with E-state index < -0.39 is 23.5 Å². The number of aromatic nitrogens is 2. The van der Waals surface area contributed by atoms with Gasteiger partial charge in [-0.15, -0.1) is 0 Å². The van der Waals surface area contributed by atoms with Crippen LogP contribution in [-0.4, -0.2) is 33.9 Å². The lowest BCUT2D eigenvalue weighted by atomic mass is 10.2. The minimum absolute atomic E-state index is 0.0815. The summed E-state index contributed by atoms with van der Waals surface area (Å²) in [6.45, 7) is -1.07. The Morgan fingerprint density at radius 1 is 1.12 bits per heavy atom. The topological polar surface area (TPSA) is 49.0 Å². The number of hydrogen-bond donors (Lipinski definition) is 1. The zero-order valence-electron chi connectivity index (χ0n) is 13.4. The highest BCUT2D eigenvalue weighted by Gasteiger charge is 2.30. The van der Waals surface area contributed by atoms with Gasteiger partial charge in [0, 0.05) is 12.7 Å². The van der Waals surface area contributed by atoms with E-state index in [0.717, 1.165) is 10.4 Å². The number of aromatic amines is 1. The van der Waals surface area contributed by atoms with E-state index in [9.17, 15) is 17.4 Å². The number of imidazole rings is 1. The van der Waals surface area contributed by atoms with E-state index in [-0.39, 0.29) is 5.75 Å². The molecule has 0 aliphatic rings. The molecule has 132 valence electrons. The van der Waals surface area contributed by atoms with E-state index >= 15 is 0 Å². The van der Waals surface area contributed by atoms with Gasteiger partial charge < -0.3 is 9.88 Å². The third-order valence-electron chi connectivity index (χ3n) is 3.69. The highest BCUT2D eigenvalue weighted by molar-refractivity contribution is 7.84. The second-order valence-electron chi connectivity index (χ2n) is 5.65. The van der Waals surface area contributed by atoms with Gasteiger partial charge >= 0.3 is 6.18 Å². The Balaban J connectivity index is 1.84. The van der Waals surface area contributed by atoms with Crippen LogP contribution in [-0.2, 0) is 16.6 Å². The Bertz CT molecular complexity index is 874. The molecule has 8 heteroatoms. The van der Waals surface area contributed by atoms with Crippen molar-refractivity contribution in [3.8, 4) is 0 Å². The van der Waals surface area contributed by atoms with Crippen LogP contribution in [0, 0.1) is 0 Å². The van der Waals surface area contributed by atoms with Gasteiger partial charge in [0.15, 0.2) is 5.16 Å². The van der Waals surface area contributed by atoms with Crippen LogP contribution < -0.4 is 4.90 Å². The summed E-state index contributed by atoms with van der Waals surface area (Å²) >= 11 is 0. The van der Waals surface area contributed by atoms with Crippen molar-refractivity contribution >= 4 is 27.5 Å². The fourth-order valence-electron chi connectivity index (χ4n) is 2.61. The number of halogens is 3. The fourth-order valence-corrected chi connectivity index (χ4v) is 3.69. The minimum atomic E-state index is -4.31. The lowest BCUT2D eigenvalue weighted by molar-refractivity contribution is -0.119. The van der Waals surface area contributed by atoms with Crippen LogP contribution >= 0.6 is 0 Å². The second kappa shape index (κ2) is 6.87. The molecule has 0 bridgehead atoms. The SMILES string of the molecule is CN(CC(F)(F)F)c1ccccc1CS(=O)c1nc2ccccc2[nH]1. The van der Waals surface area contributed by atoms with E-state index in [1.165, 1.54) is 7.05 Å². The zero-order chi connectivity index (χ0) is 18.0. The van der Waals surface area contributed by atoms with Gasteiger partial charge in [-0.1, -0.05) is 30.3 Å². The van der Waals surface area contributed by atoms with Gasteiger partial charge in [-0.25, -0.2) is 4.98 Å². The number of nitrogens with one attached hydrogen (secondary N) is 1. The molecular weight excluding hydrogens is 351 g/mol. The van der Waals surface area contributed by atoms with Crippen molar-refractivity contribution < 1.29 is 17.4 Å². The van der Waals surface area contributed by atoms with Crippen molar-refractivity contribution in [2.75, 3.05) is 18.5 Å². The average molecular weight is 367 g/mol. The van der Waals surface area contributed by atoms with E-state index in [4.69, 9.17) is 0 Å². The van der Waals surface area contributed by atoms with Gasteiger partial charge in [0.1, 0.15) is 6.54 Å². The maximum atomic E-state index is 12.7. The van der Waals surface area contributed by atoms with Crippen LogP contribution in [0.25, 0.3) is 11.0 Å². The van der Waals surface area contributed by atoms with Crippen molar-refractivity contribution in [1.29, 1.82) is 0 Å². The van der Waals surface area contributed by atoms with Gasteiger partial charge in [-0.05, 0) is 23.8 Å². The quantitative estimate of drug-likeness (QED) is 0.745. The van der Waals surface area contributed by atoms with Crippen LogP contribution in [0.15, 0.2) is 53.7 Å². The Kier molecular flexibility index (Phi) is 4.80. The average Bonchev–Trinajstić information content (AvgIpc) is 2.98. The Morgan fingerprint density at radius 2 is 1.80 bits per heavy atom. The first-order valence-electron chi connectivity index (χ1n) is 7.52. The molecule has 0 fully saturated rings. The van der Waals surface area contributed by atoms with Gasteiger partial charge in [-0.3, -0.25) is 4.21 Å². The predicted molar refractivity (Wildman–Crippen MR) is 92.0 cm³/mol. The van der Waals surface area contributed by atoms with E-state index in [1.807, 2.05) is 18.2 Å². The molecule has 1 unspecified atom stereocenters. The zero-order valence-corrected chi connectivity index (χ0v) is 14.2. The number of hydrogen-bond acceptors (Lipinski definition) is 3. The Morgan fingerprint density at radius 3 is 2.52 bits per heavy atom. The van der Waals surface area contributed by atoms with Gasteiger partial charge in [0.25, 0.3) is 0 Å². The molecule has 4 nitrogen and oxygen atoms in total. The summed E-state index contributed by atoms with van der Waals surface area (Å²) in [5, 5.41) is 0.314. The molecule has 0 aliphatic heterocycles. The number of alkyl halides is 3. The van der Waals surface area contributed by atoms with Crippen LogP contribution in [0.5, 0.6) is 0 Å². The molecule has 0 amide bonds. The molecule has 0 aliphatic carbocycles. The molecule has 1 heterocycles. The van der Waals surface area contributed by atoms with Crippen molar-refractivity contribution in [1.82, 2.24) is 9.97 Å². The van der Waals surface area contributed by atoms with Crippen LogP contribution in [0.4, 0.5) is 18.9 Å². The summed E-state index contributed by atoms with van der Waals surface area (Å²) in [6.07, 6.45) is -4.31. The largest absolute Gasteiger partial charge is 0.405 e. The fraction of sp³-hybridized carbons (Fsp3) is 0.235. The smallest absolute Gasteiger partial charge is 0.365 e. The maximum absolute atomic E-state index is 12.7. The number of fused-ring (bicyclic) bond motifs is 1. The maximum Gasteiger partial charge on any atom is 0.405 e. The number of rotatable bonds is 5. The molecule has 1 aromatic heterocycles. The number of benzene rings is 2. The molecule has 3 rings (SSSR count). The first-order chi connectivity index (χ1) is 11.8. The Labute approximate surface area is 145 Å². The molecule has 0 spiro atoms. The molecule has 1 N–H and O–H groups in total. The van der Waals surface area contributed by atoms with Crippen molar-refractivity contribution in [3.05, 3.63) is 54.1 Å². The van der Waals surface area contributed by atoms with Crippen LogP contribution in [0.2, 0.25) is 0 Å². The number of H-pyrrole nitrogens is 1. The molecule has 0 radical (unpaired) electrons. The molecule has 3 aromatic rings. The monoisotopic (exact) mass is 367 g/mol. The first-order valence-corrected chi connectivity index (χ1v) is 8.84. The lowest BCUT2D eigenvalue weighted by Gasteiger charge is -2.23. The third-order valence-corrected chi connectivity index (χ3v) is 4.89. The Hall–Kier alpha value is -2.35. The predicted octanol–water partition coefficient (Wildman–Crippen LogP) is 3.87. The second-order valence-corrected chi connectivity index (χ2v) is 7.02. The van der Waals surface area contributed by atoms with Crippen LogP contribution in [0.3, 0.4) is 0 Å². The molecule has 0 saturated carbocycles. The summed E-state index contributed by atoms with van der Waals surface area (Å²) in [7, 11) is -0.120. The lowest BCUT2D eigenvalue weighted by Crippen LogP contribution is -2.31. The number of nitrogens with zero attached hydrogens (tertiary/aromatic N) is 2. The van der Waals surface area contributed by atoms with Crippen molar-refractivity contribution in [2.45, 2.75) is 17.1 Å². The summed E-state index contributed by atoms with van der Waals surface area (Å²) in [5.41, 5.74) is 2.46. The van der Waals surface area contributed by atoms with E-state index in [1.54, 1.807) is 30.3 Å². The molecular formula is C17H16F3N3OS. The van der Waals surface area contributed by atoms with E-state index in [2.05, 4.69) is 9.97 Å². The van der Waals surface area contributed by atoms with Crippen molar-refractivity contribution in [2.24, 2.45) is 0 Å². The van der Waals surface area contributed by atoms with Crippen molar-refractivity contribution in [3.63, 3.8) is 0 Å². The molecule has 1 atom stereocenters. The van der Waals surface area contributed by atoms with Crippen LogP contribution in [0.1, 0.15) is 5.56 Å². The van der Waals surface area contributed by atoms with E-state index in [0.29, 0.717) is 21.9 Å². The normalized spacial score (nSPS) is 13.1. The number of para-hydroxylation sites is 3. The van der Waals surface area contributed by atoms with Gasteiger partial charge in [0.2, 0.25) is 0 Å². The molecule has 2 aromatic carbocycles. The summed E-state index contributed by atoms with van der Waals surface area (Å²) in [5.74, 6) is 0.0815. The number of anilines is 1. The van der Waals surface area contributed by atoms with Gasteiger partial charge in [0.05, 0.1) is 27.6 Å². The summed E-state index contributed by atoms with van der Waals surface area (Å²) < 4.78 is 50.6. The standard InChI is InChI=1S/C17H16F3N3OS/c1-23(11-17(18,19)20)15-9-5-2-6-12(15)10-25(24)16-21-13-7-3-4-8-14(13)22-16/h2-9H,10-11H2,1H3,(H,21,22). The third kappa shape index (κ3) is 4.19.